The molecule has 0 aliphatic rings. The number of ether oxygens (including phenoxy) is 2. The first-order chi connectivity index (χ1) is 9.47. The van der Waals surface area contributed by atoms with E-state index in [2.05, 4.69) is 10.1 Å². The summed E-state index contributed by atoms with van der Waals surface area (Å²) in [5.41, 5.74) is 0.614. The minimum atomic E-state index is -2.88. The highest BCUT2D eigenvalue weighted by molar-refractivity contribution is 5.40. The van der Waals surface area contributed by atoms with Crippen LogP contribution in [0.4, 0.5) is 8.78 Å². The fraction of sp³-hybridized carbons (Fsp3) is 0.571. The van der Waals surface area contributed by atoms with Crippen molar-refractivity contribution in [3.8, 4) is 11.5 Å². The van der Waals surface area contributed by atoms with Crippen LogP contribution >= 0.6 is 0 Å². The average molecular weight is 289 g/mol. The molecule has 4 nitrogen and oxygen atoms in total. The van der Waals surface area contributed by atoms with Gasteiger partial charge in [-0.25, -0.2) is 0 Å². The molecular formula is C14H21F2NO3. The minimum absolute atomic E-state index is 0.0569. The molecule has 0 aliphatic heterocycles. The van der Waals surface area contributed by atoms with E-state index in [1.165, 1.54) is 13.2 Å². The van der Waals surface area contributed by atoms with Gasteiger partial charge < -0.3 is 19.9 Å². The number of halogens is 2. The van der Waals surface area contributed by atoms with E-state index in [0.29, 0.717) is 17.9 Å². The molecule has 0 heterocycles. The topological polar surface area (TPSA) is 50.7 Å². The van der Waals surface area contributed by atoms with Crippen LogP contribution < -0.4 is 14.8 Å². The summed E-state index contributed by atoms with van der Waals surface area (Å²) in [7, 11) is 1.46. The number of hydrogen-bond acceptors (Lipinski definition) is 4. The highest BCUT2D eigenvalue weighted by Crippen LogP contribution is 2.26. The SMILES string of the molecule is COc1ccc(CNC(C)C(C)CO)c(OC(F)F)c1. The second-order valence-corrected chi connectivity index (χ2v) is 4.68. The largest absolute Gasteiger partial charge is 0.497 e. The third-order valence-corrected chi connectivity index (χ3v) is 3.25. The second-order valence-electron chi connectivity index (χ2n) is 4.68. The average Bonchev–Trinajstić information content (AvgIpc) is 2.43. The van der Waals surface area contributed by atoms with Crippen LogP contribution in [0.15, 0.2) is 18.2 Å². The smallest absolute Gasteiger partial charge is 0.387 e. The van der Waals surface area contributed by atoms with Crippen LogP contribution in [0.25, 0.3) is 0 Å². The van der Waals surface area contributed by atoms with Crippen molar-refractivity contribution < 1.29 is 23.4 Å². The van der Waals surface area contributed by atoms with E-state index < -0.39 is 6.61 Å². The number of alkyl halides is 2. The maximum atomic E-state index is 12.4. The first-order valence-corrected chi connectivity index (χ1v) is 6.43. The van der Waals surface area contributed by atoms with Crippen molar-refractivity contribution in [3.05, 3.63) is 23.8 Å². The van der Waals surface area contributed by atoms with E-state index >= 15 is 0 Å². The van der Waals surface area contributed by atoms with Crippen molar-refractivity contribution in [1.82, 2.24) is 5.32 Å². The third-order valence-electron chi connectivity index (χ3n) is 3.25. The fourth-order valence-electron chi connectivity index (χ4n) is 1.64. The van der Waals surface area contributed by atoms with Gasteiger partial charge in [0.15, 0.2) is 0 Å². The maximum Gasteiger partial charge on any atom is 0.387 e. The summed E-state index contributed by atoms with van der Waals surface area (Å²) >= 11 is 0. The Morgan fingerprint density at radius 3 is 2.55 bits per heavy atom. The van der Waals surface area contributed by atoms with Gasteiger partial charge in [-0.05, 0) is 18.9 Å². The molecule has 1 aromatic carbocycles. The Bertz CT molecular complexity index is 415. The minimum Gasteiger partial charge on any atom is -0.497 e. The van der Waals surface area contributed by atoms with Crippen molar-refractivity contribution in [2.24, 2.45) is 5.92 Å². The Morgan fingerprint density at radius 1 is 1.30 bits per heavy atom. The van der Waals surface area contributed by atoms with E-state index in [-0.39, 0.29) is 24.3 Å². The first kappa shape index (κ1) is 16.7. The lowest BCUT2D eigenvalue weighted by Gasteiger charge is -2.20. The van der Waals surface area contributed by atoms with Crippen molar-refractivity contribution in [2.45, 2.75) is 33.0 Å². The van der Waals surface area contributed by atoms with Gasteiger partial charge >= 0.3 is 6.61 Å². The van der Waals surface area contributed by atoms with Crippen LogP contribution in [0.3, 0.4) is 0 Å². The zero-order valence-electron chi connectivity index (χ0n) is 11.9. The molecule has 2 N–H and O–H groups in total. The highest BCUT2D eigenvalue weighted by Gasteiger charge is 2.14. The van der Waals surface area contributed by atoms with Crippen molar-refractivity contribution in [1.29, 1.82) is 0 Å². The first-order valence-electron chi connectivity index (χ1n) is 6.43. The molecule has 6 heteroatoms. The molecular weight excluding hydrogens is 268 g/mol. The molecule has 1 rings (SSSR count). The summed E-state index contributed by atoms with van der Waals surface area (Å²) in [6.07, 6.45) is 0. The molecule has 114 valence electrons. The number of benzene rings is 1. The van der Waals surface area contributed by atoms with Crippen LogP contribution in [-0.4, -0.2) is 31.5 Å². The molecule has 0 saturated carbocycles. The van der Waals surface area contributed by atoms with Crippen LogP contribution in [0.5, 0.6) is 11.5 Å². The molecule has 0 aromatic heterocycles. The maximum absolute atomic E-state index is 12.4. The molecule has 2 unspecified atom stereocenters. The molecule has 0 bridgehead atoms. The van der Waals surface area contributed by atoms with Gasteiger partial charge in [-0.3, -0.25) is 0 Å². The number of aliphatic hydroxyl groups is 1. The van der Waals surface area contributed by atoms with Crippen LogP contribution in [0.1, 0.15) is 19.4 Å². The Morgan fingerprint density at radius 2 is 2.00 bits per heavy atom. The van der Waals surface area contributed by atoms with E-state index in [1.807, 2.05) is 13.8 Å². The van der Waals surface area contributed by atoms with Crippen LogP contribution in [0.2, 0.25) is 0 Å². The van der Waals surface area contributed by atoms with Crippen molar-refractivity contribution in [3.63, 3.8) is 0 Å². The summed E-state index contributed by atoms with van der Waals surface area (Å²) in [5.74, 6) is 0.629. The van der Waals surface area contributed by atoms with E-state index in [4.69, 9.17) is 9.84 Å². The highest BCUT2D eigenvalue weighted by atomic mass is 19.3. The van der Waals surface area contributed by atoms with E-state index in [1.54, 1.807) is 12.1 Å². The normalized spacial score (nSPS) is 14.2. The molecule has 20 heavy (non-hydrogen) atoms. The van der Waals surface area contributed by atoms with Gasteiger partial charge in [-0.1, -0.05) is 13.0 Å². The Kier molecular flexibility index (Phi) is 6.67. The Balaban J connectivity index is 2.77. The van der Waals surface area contributed by atoms with Crippen molar-refractivity contribution in [2.75, 3.05) is 13.7 Å². The predicted octanol–water partition coefficient (Wildman–Crippen LogP) is 2.40. The molecule has 2 atom stereocenters. The molecule has 0 radical (unpaired) electrons. The number of methoxy groups -OCH3 is 1. The van der Waals surface area contributed by atoms with Gasteiger partial charge in [0.25, 0.3) is 0 Å². The van der Waals surface area contributed by atoms with Gasteiger partial charge in [0, 0.05) is 30.8 Å². The monoisotopic (exact) mass is 289 g/mol. The molecule has 1 aromatic rings. The van der Waals surface area contributed by atoms with Crippen LogP contribution in [-0.2, 0) is 6.54 Å². The quantitative estimate of drug-likeness (QED) is 0.771. The lowest BCUT2D eigenvalue weighted by molar-refractivity contribution is -0.0506. The standard InChI is InChI=1S/C14H21F2NO3/c1-9(8-18)10(2)17-7-11-4-5-12(19-3)6-13(11)20-14(15)16/h4-6,9-10,14,17-18H,7-8H2,1-3H3. The molecule has 0 spiro atoms. The lowest BCUT2D eigenvalue weighted by atomic mass is 10.0. The fourth-order valence-corrected chi connectivity index (χ4v) is 1.64. The summed E-state index contributed by atoms with van der Waals surface area (Å²) < 4.78 is 34.3. The zero-order chi connectivity index (χ0) is 15.1. The number of nitrogens with one attached hydrogen (secondary N) is 1. The molecule has 0 saturated heterocycles. The molecule has 0 amide bonds. The summed E-state index contributed by atoms with van der Waals surface area (Å²) in [4.78, 5) is 0. The Hall–Kier alpha value is -1.40. The van der Waals surface area contributed by atoms with Crippen LogP contribution in [0, 0.1) is 5.92 Å². The van der Waals surface area contributed by atoms with Gasteiger partial charge in [0.1, 0.15) is 11.5 Å². The summed E-state index contributed by atoms with van der Waals surface area (Å²) in [6.45, 7) is 1.39. The summed E-state index contributed by atoms with van der Waals surface area (Å²) in [5, 5.41) is 12.2. The van der Waals surface area contributed by atoms with Gasteiger partial charge in [0.2, 0.25) is 0 Å². The van der Waals surface area contributed by atoms with Gasteiger partial charge in [0.05, 0.1) is 7.11 Å². The summed E-state index contributed by atoms with van der Waals surface area (Å²) in [6, 6.07) is 4.86. The third kappa shape index (κ3) is 4.94. The van der Waals surface area contributed by atoms with Crippen molar-refractivity contribution >= 4 is 0 Å². The predicted molar refractivity (Wildman–Crippen MR) is 72.2 cm³/mol. The molecule has 0 aliphatic carbocycles. The Labute approximate surface area is 117 Å². The van der Waals surface area contributed by atoms with E-state index in [9.17, 15) is 8.78 Å². The van der Waals surface area contributed by atoms with E-state index in [0.717, 1.165) is 0 Å². The lowest BCUT2D eigenvalue weighted by Crippen LogP contribution is -2.33. The zero-order valence-corrected chi connectivity index (χ0v) is 11.9. The van der Waals surface area contributed by atoms with Gasteiger partial charge in [-0.2, -0.15) is 8.78 Å². The number of aliphatic hydroxyl groups excluding tert-OH is 1. The molecule has 0 fully saturated rings. The van der Waals surface area contributed by atoms with Gasteiger partial charge in [-0.15, -0.1) is 0 Å². The number of hydrogen-bond donors (Lipinski definition) is 2. The second kappa shape index (κ2) is 8.01. The number of rotatable bonds is 8.